The second-order valence-electron chi connectivity index (χ2n) is 8.05. The van der Waals surface area contributed by atoms with Crippen LogP contribution in [0.3, 0.4) is 0 Å². The Bertz CT molecular complexity index is 1250. The summed E-state index contributed by atoms with van der Waals surface area (Å²) < 4.78 is 33.0. The number of hydrogen-bond donors (Lipinski definition) is 1. The van der Waals surface area contributed by atoms with Crippen LogP contribution in [0.2, 0.25) is 0 Å². The molecular weight excluding hydrogens is 425 g/mol. The van der Waals surface area contributed by atoms with Gasteiger partial charge in [-0.2, -0.15) is 0 Å². The number of rotatable bonds is 5. The smallest absolute Gasteiger partial charge is 0.138 e. The minimum Gasteiger partial charge on any atom is -0.496 e. The molecule has 32 heavy (non-hydrogen) atoms. The number of nitrogens with zero attached hydrogens (tertiary/aromatic N) is 1. The van der Waals surface area contributed by atoms with E-state index in [1.165, 1.54) is 12.1 Å². The average molecular weight is 450 g/mol. The Balaban J connectivity index is 1.47. The maximum atomic E-state index is 13.1. The van der Waals surface area contributed by atoms with E-state index in [0.717, 1.165) is 58.6 Å². The van der Waals surface area contributed by atoms with Crippen LogP contribution in [-0.2, 0) is 0 Å². The number of ether oxygens (including phenoxy) is 2. The predicted octanol–water partition coefficient (Wildman–Crippen LogP) is 7.33. The number of halogens is 1. The van der Waals surface area contributed by atoms with E-state index in [-0.39, 0.29) is 11.9 Å². The molecule has 0 radical (unpaired) electrons. The van der Waals surface area contributed by atoms with E-state index >= 15 is 0 Å². The normalized spacial score (nSPS) is 16.6. The second-order valence-corrected chi connectivity index (χ2v) is 8.56. The minimum absolute atomic E-state index is 0.217. The maximum absolute atomic E-state index is 13.1. The van der Waals surface area contributed by atoms with Crippen molar-refractivity contribution in [2.45, 2.75) is 25.8 Å². The summed E-state index contributed by atoms with van der Waals surface area (Å²) in [5, 5.41) is 1.04. The molecule has 1 fully saturated rings. The van der Waals surface area contributed by atoms with Crippen LogP contribution >= 0.6 is 12.8 Å². The molecule has 164 valence electrons. The molecule has 0 aliphatic carbocycles. The molecule has 6 heteroatoms. The van der Waals surface area contributed by atoms with Crippen LogP contribution in [0, 0.1) is 12.7 Å². The van der Waals surface area contributed by atoms with Gasteiger partial charge in [-0.1, -0.05) is 12.8 Å². The van der Waals surface area contributed by atoms with Crippen LogP contribution in [0.5, 0.6) is 17.2 Å². The Morgan fingerprint density at radius 2 is 1.72 bits per heavy atom. The Hall–Kier alpha value is -2.96. The molecule has 2 heterocycles. The van der Waals surface area contributed by atoms with Gasteiger partial charge >= 0.3 is 0 Å². The zero-order valence-electron chi connectivity index (χ0n) is 18.0. The molecule has 5 rings (SSSR count). The Labute approximate surface area is 192 Å². The lowest BCUT2D eigenvalue weighted by Crippen LogP contribution is -2.12. The van der Waals surface area contributed by atoms with Crippen molar-refractivity contribution >= 4 is 23.8 Å². The van der Waals surface area contributed by atoms with Crippen molar-refractivity contribution in [3.8, 4) is 28.6 Å². The molecule has 1 aromatic heterocycles. The van der Waals surface area contributed by atoms with Gasteiger partial charge in [-0.3, -0.25) is 0 Å². The Morgan fingerprint density at radius 3 is 2.34 bits per heavy atom. The van der Waals surface area contributed by atoms with Crippen molar-refractivity contribution in [3.05, 3.63) is 77.6 Å². The monoisotopic (exact) mass is 449 g/mol. The van der Waals surface area contributed by atoms with E-state index < -0.39 is 0 Å². The topological polar surface area (TPSA) is 34.8 Å². The maximum Gasteiger partial charge on any atom is 0.138 e. The fraction of sp³-hybridized carbons (Fsp3) is 0.231. The van der Waals surface area contributed by atoms with Crippen molar-refractivity contribution in [2.24, 2.45) is 0 Å². The van der Waals surface area contributed by atoms with Crippen molar-refractivity contribution < 1.29 is 18.3 Å². The molecule has 1 aliphatic heterocycles. The Kier molecular flexibility index (Phi) is 5.57. The number of fused-ring (bicyclic) bond motifs is 1. The van der Waals surface area contributed by atoms with Gasteiger partial charge in [-0.05, 0) is 80.4 Å². The molecule has 1 atom stereocenters. The number of hydrogen-bond acceptors (Lipinski definition) is 5. The zero-order valence-corrected chi connectivity index (χ0v) is 18.9. The molecule has 1 saturated heterocycles. The van der Waals surface area contributed by atoms with Crippen LogP contribution in [0.4, 0.5) is 4.39 Å². The molecule has 0 saturated carbocycles. The molecule has 4 nitrogen and oxygen atoms in total. The number of aryl methyl sites for hydroxylation is 1. The van der Waals surface area contributed by atoms with Gasteiger partial charge in [0, 0.05) is 34.7 Å². The van der Waals surface area contributed by atoms with Gasteiger partial charge in [-0.15, -0.1) is 0 Å². The van der Waals surface area contributed by atoms with Crippen molar-refractivity contribution in [3.63, 3.8) is 0 Å². The molecule has 0 amide bonds. The fourth-order valence-corrected chi connectivity index (χ4v) is 4.74. The number of methoxy groups -OCH3 is 1. The van der Waals surface area contributed by atoms with Gasteiger partial charge in [0.1, 0.15) is 34.4 Å². The lowest BCUT2D eigenvalue weighted by atomic mass is 10.0. The summed E-state index contributed by atoms with van der Waals surface area (Å²) >= 11 is 4.63. The standard InChI is InChI=1S/C26H24FNO3S/c1-16-21-14-24(29-2)22(23-4-3-13-28(23)32)15-25(21)31-26(16)17-5-9-19(10-6-17)30-20-11-7-18(27)8-12-20/h5-12,14-15,23,32H,3-4,13H2,1-2H3. The van der Waals surface area contributed by atoms with E-state index in [1.807, 2.05) is 24.3 Å². The highest BCUT2D eigenvalue weighted by Crippen LogP contribution is 2.43. The van der Waals surface area contributed by atoms with Crippen LogP contribution in [0.15, 0.2) is 65.1 Å². The molecule has 1 aliphatic rings. The van der Waals surface area contributed by atoms with Crippen molar-refractivity contribution in [2.75, 3.05) is 13.7 Å². The molecule has 0 bridgehead atoms. The van der Waals surface area contributed by atoms with Crippen LogP contribution < -0.4 is 9.47 Å². The lowest BCUT2D eigenvalue weighted by Gasteiger charge is -2.20. The van der Waals surface area contributed by atoms with Gasteiger partial charge in [0.05, 0.1) is 7.11 Å². The first-order chi connectivity index (χ1) is 15.5. The van der Waals surface area contributed by atoms with Gasteiger partial charge in [-0.25, -0.2) is 8.70 Å². The first-order valence-electron chi connectivity index (χ1n) is 10.6. The highest BCUT2D eigenvalue weighted by molar-refractivity contribution is 7.77. The SMILES string of the molecule is COc1cc2c(C)c(-c3ccc(Oc4ccc(F)cc4)cc3)oc2cc1C1CCCN1S. The third kappa shape index (κ3) is 3.85. The third-order valence-corrected chi connectivity index (χ3v) is 6.52. The van der Waals surface area contributed by atoms with Gasteiger partial charge < -0.3 is 13.9 Å². The van der Waals surface area contributed by atoms with Gasteiger partial charge in [0.2, 0.25) is 0 Å². The van der Waals surface area contributed by atoms with Crippen LogP contribution in [0.1, 0.15) is 30.0 Å². The largest absolute Gasteiger partial charge is 0.496 e. The summed E-state index contributed by atoms with van der Waals surface area (Å²) in [5.74, 6) is 2.66. The highest BCUT2D eigenvalue weighted by Gasteiger charge is 2.28. The summed E-state index contributed by atoms with van der Waals surface area (Å²) in [6.07, 6.45) is 2.16. The fourth-order valence-electron chi connectivity index (χ4n) is 4.36. The predicted molar refractivity (Wildman–Crippen MR) is 127 cm³/mol. The van der Waals surface area contributed by atoms with Crippen molar-refractivity contribution in [1.29, 1.82) is 0 Å². The molecule has 1 unspecified atom stereocenters. The quantitative estimate of drug-likeness (QED) is 0.324. The average Bonchev–Trinajstić information content (AvgIpc) is 3.37. The van der Waals surface area contributed by atoms with Crippen LogP contribution in [-0.4, -0.2) is 18.0 Å². The first-order valence-corrected chi connectivity index (χ1v) is 11.0. The van der Waals surface area contributed by atoms with Crippen molar-refractivity contribution in [1.82, 2.24) is 4.31 Å². The van der Waals surface area contributed by atoms with E-state index in [4.69, 9.17) is 13.9 Å². The third-order valence-electron chi connectivity index (χ3n) is 6.04. The van der Waals surface area contributed by atoms with E-state index in [0.29, 0.717) is 11.5 Å². The van der Waals surface area contributed by atoms with E-state index in [1.54, 1.807) is 19.2 Å². The summed E-state index contributed by atoms with van der Waals surface area (Å²) in [6, 6.07) is 18.0. The van der Waals surface area contributed by atoms with Gasteiger partial charge in [0.25, 0.3) is 0 Å². The molecule has 3 aromatic carbocycles. The zero-order chi connectivity index (χ0) is 22.2. The molecule has 0 spiro atoms. The number of benzene rings is 3. The van der Waals surface area contributed by atoms with Gasteiger partial charge in [0.15, 0.2) is 0 Å². The van der Waals surface area contributed by atoms with Crippen LogP contribution in [0.25, 0.3) is 22.3 Å². The second kappa shape index (κ2) is 8.52. The first kappa shape index (κ1) is 20.9. The molecule has 0 N–H and O–H groups in total. The number of furan rings is 1. The van der Waals surface area contributed by atoms with E-state index in [9.17, 15) is 4.39 Å². The highest BCUT2D eigenvalue weighted by atomic mass is 32.1. The summed E-state index contributed by atoms with van der Waals surface area (Å²) in [6.45, 7) is 3.02. The molecular formula is C26H24FNO3S. The summed E-state index contributed by atoms with van der Waals surface area (Å²) in [4.78, 5) is 0. The lowest BCUT2D eigenvalue weighted by molar-refractivity contribution is 0.386. The summed E-state index contributed by atoms with van der Waals surface area (Å²) in [5.41, 5.74) is 3.97. The molecule has 4 aromatic rings. The van der Waals surface area contributed by atoms with E-state index in [2.05, 4.69) is 36.2 Å². The Morgan fingerprint density at radius 1 is 1.03 bits per heavy atom. The minimum atomic E-state index is -0.289. The summed E-state index contributed by atoms with van der Waals surface area (Å²) in [7, 11) is 1.71. The number of thiol groups is 1.